The van der Waals surface area contributed by atoms with E-state index in [4.69, 9.17) is 5.26 Å². The standard InChI is InChI=1S/C11H16BN3/c12-15-7-1-6-14-9-11-4-2-10(8-13)3-5-11/h2-5,14-15H,1,6-7,9,12H2. The molecule has 0 atom stereocenters. The molecule has 0 spiro atoms. The van der Waals surface area contributed by atoms with Crippen LogP contribution in [-0.4, -0.2) is 21.1 Å². The van der Waals surface area contributed by atoms with Crippen LogP contribution in [0.15, 0.2) is 24.3 Å². The van der Waals surface area contributed by atoms with Crippen LogP contribution in [0.1, 0.15) is 17.5 Å². The zero-order chi connectivity index (χ0) is 10.9. The molecule has 0 radical (unpaired) electrons. The first-order valence-electron chi connectivity index (χ1n) is 5.21. The van der Waals surface area contributed by atoms with E-state index in [2.05, 4.69) is 16.6 Å². The lowest BCUT2D eigenvalue weighted by Gasteiger charge is -2.04. The summed E-state index contributed by atoms with van der Waals surface area (Å²) in [7, 11) is 1.96. The Bertz CT molecular complexity index is 316. The van der Waals surface area contributed by atoms with Crippen LogP contribution in [0.2, 0.25) is 0 Å². The second kappa shape index (κ2) is 7.05. The molecule has 0 amide bonds. The summed E-state index contributed by atoms with van der Waals surface area (Å²) < 4.78 is 0. The van der Waals surface area contributed by atoms with E-state index < -0.39 is 0 Å². The molecule has 0 fully saturated rings. The van der Waals surface area contributed by atoms with Gasteiger partial charge in [-0.05, 0) is 37.2 Å². The molecule has 2 N–H and O–H groups in total. The predicted octanol–water partition coefficient (Wildman–Crippen LogP) is 0.176. The van der Waals surface area contributed by atoms with Crippen molar-refractivity contribution in [1.82, 2.24) is 10.5 Å². The first kappa shape index (κ1) is 11.8. The highest BCUT2D eigenvalue weighted by atomic mass is 14.9. The van der Waals surface area contributed by atoms with Gasteiger partial charge in [-0.15, -0.1) is 0 Å². The fourth-order valence-corrected chi connectivity index (χ4v) is 1.32. The number of nitriles is 1. The van der Waals surface area contributed by atoms with Crippen LogP contribution in [0.4, 0.5) is 0 Å². The van der Waals surface area contributed by atoms with Gasteiger partial charge in [0, 0.05) is 6.54 Å². The molecule has 0 bridgehead atoms. The van der Waals surface area contributed by atoms with E-state index in [-0.39, 0.29) is 0 Å². The maximum Gasteiger partial charge on any atom is 0.181 e. The molecule has 0 aliphatic rings. The van der Waals surface area contributed by atoms with Gasteiger partial charge in [0.15, 0.2) is 7.98 Å². The molecule has 1 aromatic carbocycles. The lowest BCUT2D eigenvalue weighted by Crippen LogP contribution is -2.20. The normalized spacial score (nSPS) is 9.80. The Morgan fingerprint density at radius 3 is 2.53 bits per heavy atom. The van der Waals surface area contributed by atoms with Gasteiger partial charge in [-0.2, -0.15) is 5.26 Å². The summed E-state index contributed by atoms with van der Waals surface area (Å²) in [6.45, 7) is 2.93. The number of benzene rings is 1. The van der Waals surface area contributed by atoms with Gasteiger partial charge in [0.1, 0.15) is 0 Å². The molecule has 0 saturated heterocycles. The molecular formula is C11H16BN3. The van der Waals surface area contributed by atoms with Gasteiger partial charge in [0.05, 0.1) is 11.6 Å². The van der Waals surface area contributed by atoms with Crippen molar-refractivity contribution in [1.29, 1.82) is 5.26 Å². The Kier molecular flexibility index (Phi) is 5.53. The van der Waals surface area contributed by atoms with Crippen LogP contribution in [0.25, 0.3) is 0 Å². The molecule has 1 aromatic rings. The van der Waals surface area contributed by atoms with Crippen molar-refractivity contribution in [2.75, 3.05) is 13.1 Å². The summed E-state index contributed by atoms with van der Waals surface area (Å²) in [6.07, 6.45) is 1.13. The van der Waals surface area contributed by atoms with Gasteiger partial charge in [-0.1, -0.05) is 12.1 Å². The van der Waals surface area contributed by atoms with Crippen LogP contribution >= 0.6 is 0 Å². The lowest BCUT2D eigenvalue weighted by molar-refractivity contribution is 0.645. The minimum absolute atomic E-state index is 0.717. The maximum absolute atomic E-state index is 8.63. The number of rotatable bonds is 6. The molecule has 0 aliphatic heterocycles. The number of nitrogens with zero attached hydrogens (tertiary/aromatic N) is 1. The Morgan fingerprint density at radius 1 is 1.20 bits per heavy atom. The van der Waals surface area contributed by atoms with Gasteiger partial charge in [-0.3, -0.25) is 0 Å². The second-order valence-electron chi connectivity index (χ2n) is 3.44. The number of hydrogen-bond donors (Lipinski definition) is 2. The number of nitrogens with one attached hydrogen (secondary N) is 2. The SMILES string of the molecule is BNCCCNCc1ccc(C#N)cc1. The third-order valence-corrected chi connectivity index (χ3v) is 2.19. The van der Waals surface area contributed by atoms with E-state index in [1.54, 1.807) is 0 Å². The monoisotopic (exact) mass is 201 g/mol. The highest BCUT2D eigenvalue weighted by Gasteiger charge is 1.93. The van der Waals surface area contributed by atoms with Crippen LogP contribution in [0.3, 0.4) is 0 Å². The van der Waals surface area contributed by atoms with Crippen molar-refractivity contribution in [2.45, 2.75) is 13.0 Å². The Hall–Kier alpha value is -1.31. The van der Waals surface area contributed by atoms with Crippen LogP contribution in [0, 0.1) is 11.3 Å². The highest BCUT2D eigenvalue weighted by Crippen LogP contribution is 2.02. The molecule has 0 saturated carbocycles. The molecule has 4 heteroatoms. The van der Waals surface area contributed by atoms with E-state index in [1.807, 2.05) is 32.2 Å². The van der Waals surface area contributed by atoms with Crippen molar-refractivity contribution in [3.63, 3.8) is 0 Å². The van der Waals surface area contributed by atoms with Gasteiger partial charge < -0.3 is 10.5 Å². The van der Waals surface area contributed by atoms with E-state index >= 15 is 0 Å². The Morgan fingerprint density at radius 2 is 1.93 bits per heavy atom. The van der Waals surface area contributed by atoms with Crippen molar-refractivity contribution in [3.8, 4) is 6.07 Å². The fourth-order valence-electron chi connectivity index (χ4n) is 1.32. The molecule has 3 nitrogen and oxygen atoms in total. The van der Waals surface area contributed by atoms with Crippen LogP contribution < -0.4 is 10.5 Å². The lowest BCUT2D eigenvalue weighted by atomic mass is 10.1. The molecule has 15 heavy (non-hydrogen) atoms. The summed E-state index contributed by atoms with van der Waals surface area (Å²) in [5.74, 6) is 0. The van der Waals surface area contributed by atoms with Crippen LogP contribution in [-0.2, 0) is 6.54 Å². The molecule has 0 aliphatic carbocycles. The summed E-state index contributed by atoms with van der Waals surface area (Å²) in [6, 6.07) is 9.79. The summed E-state index contributed by atoms with van der Waals surface area (Å²) in [5.41, 5.74) is 1.94. The first-order chi connectivity index (χ1) is 7.36. The van der Waals surface area contributed by atoms with Gasteiger partial charge in [-0.25, -0.2) is 0 Å². The third kappa shape index (κ3) is 4.64. The van der Waals surface area contributed by atoms with Crippen molar-refractivity contribution >= 4 is 7.98 Å². The summed E-state index contributed by atoms with van der Waals surface area (Å²) in [5, 5.41) is 15.1. The zero-order valence-electron chi connectivity index (χ0n) is 9.09. The molecule has 0 heterocycles. The summed E-state index contributed by atoms with van der Waals surface area (Å²) in [4.78, 5) is 0. The van der Waals surface area contributed by atoms with E-state index in [0.29, 0.717) is 5.56 Å². The molecule has 0 aromatic heterocycles. The Balaban J connectivity index is 2.23. The topological polar surface area (TPSA) is 47.8 Å². The maximum atomic E-state index is 8.63. The Labute approximate surface area is 91.9 Å². The van der Waals surface area contributed by atoms with E-state index in [0.717, 1.165) is 26.1 Å². The minimum atomic E-state index is 0.717. The van der Waals surface area contributed by atoms with E-state index in [9.17, 15) is 0 Å². The van der Waals surface area contributed by atoms with Gasteiger partial charge in [0.2, 0.25) is 0 Å². The largest absolute Gasteiger partial charge is 0.362 e. The van der Waals surface area contributed by atoms with Crippen LogP contribution in [0.5, 0.6) is 0 Å². The molecule has 0 unspecified atom stereocenters. The first-order valence-corrected chi connectivity index (χ1v) is 5.21. The molecular weight excluding hydrogens is 185 g/mol. The average molecular weight is 201 g/mol. The fraction of sp³-hybridized carbons (Fsp3) is 0.364. The number of hydrogen-bond acceptors (Lipinski definition) is 3. The third-order valence-electron chi connectivity index (χ3n) is 2.19. The average Bonchev–Trinajstić information content (AvgIpc) is 2.30. The molecule has 1 rings (SSSR count). The molecule has 78 valence electrons. The van der Waals surface area contributed by atoms with E-state index in [1.165, 1.54) is 5.56 Å². The van der Waals surface area contributed by atoms with Gasteiger partial charge >= 0.3 is 0 Å². The van der Waals surface area contributed by atoms with Crippen molar-refractivity contribution in [2.24, 2.45) is 0 Å². The smallest absolute Gasteiger partial charge is 0.181 e. The second-order valence-corrected chi connectivity index (χ2v) is 3.44. The zero-order valence-corrected chi connectivity index (χ0v) is 9.09. The summed E-state index contributed by atoms with van der Waals surface area (Å²) >= 11 is 0. The van der Waals surface area contributed by atoms with Crippen molar-refractivity contribution < 1.29 is 0 Å². The predicted molar refractivity (Wildman–Crippen MR) is 64.0 cm³/mol. The quantitative estimate of drug-likeness (QED) is 0.509. The van der Waals surface area contributed by atoms with Crippen molar-refractivity contribution in [3.05, 3.63) is 35.4 Å². The van der Waals surface area contributed by atoms with Gasteiger partial charge in [0.25, 0.3) is 0 Å². The highest BCUT2D eigenvalue weighted by molar-refractivity contribution is 6.04. The minimum Gasteiger partial charge on any atom is -0.362 e.